The second-order valence-electron chi connectivity index (χ2n) is 3.73. The average molecular weight is 327 g/mol. The molecule has 0 amide bonds. The lowest BCUT2D eigenvalue weighted by atomic mass is 10.5. The summed E-state index contributed by atoms with van der Waals surface area (Å²) < 4.78 is 52.9. The first-order chi connectivity index (χ1) is 9.26. The number of hydrogen-bond donors (Lipinski definition) is 2. The van der Waals surface area contributed by atoms with Crippen LogP contribution in [-0.4, -0.2) is 40.3 Å². The maximum Gasteiger partial charge on any atom is 0.397 e. The molecule has 112 valence electrons. The number of nitrogens with two attached hydrogens (primary N) is 1. The smallest absolute Gasteiger partial charge is 0.381 e. The van der Waals surface area contributed by atoms with Gasteiger partial charge in [-0.3, -0.25) is 9.12 Å². The summed E-state index contributed by atoms with van der Waals surface area (Å²) in [5, 5.41) is 0. The number of thioether (sulfide) groups is 1. The highest BCUT2D eigenvalue weighted by Gasteiger charge is 2.29. The van der Waals surface area contributed by atoms with E-state index in [0.29, 0.717) is 0 Å². The van der Waals surface area contributed by atoms with E-state index in [1.54, 1.807) is 0 Å². The van der Waals surface area contributed by atoms with E-state index in [9.17, 15) is 17.6 Å². The first-order valence-electron chi connectivity index (χ1n) is 5.19. The first-order valence-corrected chi connectivity index (χ1v) is 7.61. The van der Waals surface area contributed by atoms with Gasteiger partial charge in [0.2, 0.25) is 0 Å². The van der Waals surface area contributed by atoms with Crippen molar-refractivity contribution in [1.29, 1.82) is 0 Å². The Kier molecular flexibility index (Phi) is 4.29. The van der Waals surface area contributed by atoms with E-state index < -0.39 is 46.0 Å². The Labute approximate surface area is 116 Å². The molecule has 1 saturated heterocycles. The van der Waals surface area contributed by atoms with Crippen LogP contribution in [0.2, 0.25) is 0 Å². The molecule has 1 fully saturated rings. The van der Waals surface area contributed by atoms with Gasteiger partial charge in [0.15, 0.2) is 11.6 Å². The molecule has 0 aliphatic carbocycles. The van der Waals surface area contributed by atoms with Gasteiger partial charge in [0.25, 0.3) is 0 Å². The van der Waals surface area contributed by atoms with E-state index in [4.69, 9.17) is 15.0 Å². The Bertz CT molecular complexity index is 663. The molecule has 0 unspecified atom stereocenters. The molecule has 0 aromatic carbocycles. The van der Waals surface area contributed by atoms with Crippen LogP contribution in [-0.2, 0) is 19.3 Å². The van der Waals surface area contributed by atoms with Crippen molar-refractivity contribution in [3.05, 3.63) is 22.5 Å². The summed E-state index contributed by atoms with van der Waals surface area (Å²) in [5.41, 5.74) is 3.64. The van der Waals surface area contributed by atoms with Gasteiger partial charge in [-0.2, -0.15) is 13.4 Å². The first kappa shape index (κ1) is 15.2. The number of nitrogen functional groups attached to an aromatic ring is 1. The summed E-state index contributed by atoms with van der Waals surface area (Å²) >= 11 is 1.14. The van der Waals surface area contributed by atoms with E-state index in [2.05, 4.69) is 9.17 Å². The van der Waals surface area contributed by atoms with Gasteiger partial charge in [-0.1, -0.05) is 0 Å². The van der Waals surface area contributed by atoms with Gasteiger partial charge in [-0.05, 0) is 0 Å². The lowest BCUT2D eigenvalue weighted by Gasteiger charge is -2.14. The van der Waals surface area contributed by atoms with Crippen molar-refractivity contribution >= 4 is 28.0 Å². The van der Waals surface area contributed by atoms with E-state index in [1.807, 2.05) is 0 Å². The van der Waals surface area contributed by atoms with Crippen molar-refractivity contribution < 1.29 is 26.3 Å². The zero-order chi connectivity index (χ0) is 14.9. The zero-order valence-electron chi connectivity index (χ0n) is 9.80. The second-order valence-corrected chi connectivity index (χ2v) is 6.01. The van der Waals surface area contributed by atoms with Gasteiger partial charge >= 0.3 is 16.1 Å². The average Bonchev–Trinajstić information content (AvgIpc) is 2.79. The SMILES string of the molecule is Nc1nc(=O)n([C@@H]2CS[C@H](COS(=O)(=O)O)O2)cc1F. The molecule has 0 saturated carbocycles. The Morgan fingerprint density at radius 2 is 2.40 bits per heavy atom. The van der Waals surface area contributed by atoms with E-state index in [1.165, 1.54) is 0 Å². The van der Waals surface area contributed by atoms with Gasteiger partial charge in [0.05, 0.1) is 6.20 Å². The fourth-order valence-corrected chi connectivity index (χ4v) is 2.85. The summed E-state index contributed by atoms with van der Waals surface area (Å²) in [6.07, 6.45) is 0.0344. The number of halogens is 1. The molecule has 12 heteroatoms. The van der Waals surface area contributed by atoms with Crippen molar-refractivity contribution in [1.82, 2.24) is 9.55 Å². The number of rotatable bonds is 4. The minimum absolute atomic E-state index is 0.254. The molecule has 1 aromatic rings. The highest BCUT2D eigenvalue weighted by molar-refractivity contribution is 8.00. The Morgan fingerprint density at radius 3 is 3.05 bits per heavy atom. The fourth-order valence-electron chi connectivity index (χ4n) is 1.48. The lowest BCUT2D eigenvalue weighted by Crippen LogP contribution is -2.30. The van der Waals surface area contributed by atoms with Crippen LogP contribution in [0.5, 0.6) is 0 Å². The maximum atomic E-state index is 13.3. The molecule has 0 bridgehead atoms. The van der Waals surface area contributed by atoms with Crippen LogP contribution in [0.1, 0.15) is 6.23 Å². The van der Waals surface area contributed by atoms with Gasteiger partial charge in [-0.15, -0.1) is 11.8 Å². The number of ether oxygens (including phenoxy) is 1. The van der Waals surface area contributed by atoms with Crippen molar-refractivity contribution in [3.63, 3.8) is 0 Å². The molecule has 1 aliphatic rings. The van der Waals surface area contributed by atoms with Crippen LogP contribution in [0, 0.1) is 5.82 Å². The Balaban J connectivity index is 2.06. The van der Waals surface area contributed by atoms with Gasteiger partial charge in [0.1, 0.15) is 18.3 Å². The third kappa shape index (κ3) is 3.67. The minimum atomic E-state index is -4.56. The zero-order valence-corrected chi connectivity index (χ0v) is 11.4. The minimum Gasteiger partial charge on any atom is -0.381 e. The summed E-state index contributed by atoms with van der Waals surface area (Å²) in [4.78, 5) is 14.8. The van der Waals surface area contributed by atoms with Crippen LogP contribution >= 0.6 is 11.8 Å². The van der Waals surface area contributed by atoms with Gasteiger partial charge in [0, 0.05) is 5.75 Å². The summed E-state index contributed by atoms with van der Waals surface area (Å²) in [6.45, 7) is -0.431. The Hall–Kier alpha value is -1.21. The third-order valence-corrected chi connectivity index (χ3v) is 3.86. The molecular weight excluding hydrogens is 317 g/mol. The van der Waals surface area contributed by atoms with E-state index in [0.717, 1.165) is 22.5 Å². The van der Waals surface area contributed by atoms with Crippen molar-refractivity contribution in [3.8, 4) is 0 Å². The predicted molar refractivity (Wildman–Crippen MR) is 66.7 cm³/mol. The molecule has 9 nitrogen and oxygen atoms in total. The largest absolute Gasteiger partial charge is 0.397 e. The quantitative estimate of drug-likeness (QED) is 0.693. The highest BCUT2D eigenvalue weighted by Crippen LogP contribution is 2.31. The molecule has 3 N–H and O–H groups in total. The number of nitrogens with zero attached hydrogens (tertiary/aromatic N) is 2. The van der Waals surface area contributed by atoms with Crippen molar-refractivity contribution in [2.24, 2.45) is 0 Å². The molecule has 2 heterocycles. The number of aromatic nitrogens is 2. The van der Waals surface area contributed by atoms with Crippen molar-refractivity contribution in [2.45, 2.75) is 11.7 Å². The molecule has 2 rings (SSSR count). The van der Waals surface area contributed by atoms with E-state index in [-0.39, 0.29) is 5.75 Å². The second kappa shape index (κ2) is 5.65. The summed E-state index contributed by atoms with van der Waals surface area (Å²) in [5.74, 6) is -1.12. The van der Waals surface area contributed by atoms with Crippen LogP contribution in [0.4, 0.5) is 10.2 Å². The van der Waals surface area contributed by atoms with Gasteiger partial charge < -0.3 is 10.5 Å². The molecule has 2 atom stereocenters. The third-order valence-electron chi connectivity index (χ3n) is 2.33. The molecular formula is C8H10FN3O6S2. The maximum absolute atomic E-state index is 13.3. The van der Waals surface area contributed by atoms with Crippen LogP contribution in [0.15, 0.2) is 11.0 Å². The molecule has 0 radical (unpaired) electrons. The topological polar surface area (TPSA) is 134 Å². The molecule has 1 aromatic heterocycles. The normalized spacial score (nSPS) is 23.1. The number of anilines is 1. The Morgan fingerprint density at radius 1 is 1.70 bits per heavy atom. The van der Waals surface area contributed by atoms with Crippen molar-refractivity contribution in [2.75, 3.05) is 18.1 Å². The lowest BCUT2D eigenvalue weighted by molar-refractivity contribution is -0.00312. The van der Waals surface area contributed by atoms with Crippen LogP contribution < -0.4 is 11.4 Å². The summed E-state index contributed by atoms with van der Waals surface area (Å²) in [7, 11) is -4.56. The standard InChI is InChI=1S/C8H10FN3O6S2/c9-4-1-12(8(13)11-7(4)10)5-3-19-6(18-5)2-17-20(14,15)16/h1,5-6H,2-3H2,(H2,10,11,13)(H,14,15,16)/t5-,6+/m0/s1. The summed E-state index contributed by atoms with van der Waals surface area (Å²) in [6, 6.07) is 0. The van der Waals surface area contributed by atoms with E-state index >= 15 is 0 Å². The highest BCUT2D eigenvalue weighted by atomic mass is 32.3. The molecule has 0 spiro atoms. The fraction of sp³-hybridized carbons (Fsp3) is 0.500. The predicted octanol–water partition coefficient (Wildman–Crippen LogP) is -0.628. The monoisotopic (exact) mass is 327 g/mol. The molecule has 20 heavy (non-hydrogen) atoms. The van der Waals surface area contributed by atoms with Crippen LogP contribution in [0.25, 0.3) is 0 Å². The molecule has 1 aliphatic heterocycles. The van der Waals surface area contributed by atoms with Crippen LogP contribution in [0.3, 0.4) is 0 Å². The number of hydrogen-bond acceptors (Lipinski definition) is 8. The van der Waals surface area contributed by atoms with Gasteiger partial charge in [-0.25, -0.2) is 13.4 Å².